The number of halogens is 1. The fourth-order valence-corrected chi connectivity index (χ4v) is 6.39. The van der Waals surface area contributed by atoms with E-state index in [1.807, 2.05) is 12.1 Å². The van der Waals surface area contributed by atoms with E-state index >= 15 is 0 Å². The van der Waals surface area contributed by atoms with E-state index in [1.165, 1.54) is 38.9 Å². The van der Waals surface area contributed by atoms with Gasteiger partial charge in [-0.25, -0.2) is 4.39 Å². The number of hydrogen-bond acceptors (Lipinski definition) is 1. The molecule has 0 radical (unpaired) electrons. The molecule has 0 atom stereocenters. The van der Waals surface area contributed by atoms with E-state index in [-0.39, 0.29) is 5.56 Å². The minimum atomic E-state index is -0.445. The molecule has 0 amide bonds. The van der Waals surface area contributed by atoms with Gasteiger partial charge < -0.3 is 0 Å². The van der Waals surface area contributed by atoms with Crippen LogP contribution in [-0.4, -0.2) is 0 Å². The minimum Gasteiger partial charge on any atom is -0.205 e. The van der Waals surface area contributed by atoms with Gasteiger partial charge >= 0.3 is 0 Å². The second-order valence-electron chi connectivity index (χ2n) is 9.38. The lowest BCUT2D eigenvalue weighted by atomic mass is 9.70. The fraction of sp³-hybridized carbons (Fsp3) is 0.0606. The molecule has 0 fully saturated rings. The van der Waals surface area contributed by atoms with Crippen molar-refractivity contribution < 1.29 is 4.39 Å². The van der Waals surface area contributed by atoms with E-state index < -0.39 is 11.2 Å². The second kappa shape index (κ2) is 7.01. The smallest absolute Gasteiger partial charge is 0.143 e. The molecule has 2 heteroatoms. The molecule has 5 aromatic carbocycles. The van der Waals surface area contributed by atoms with Crippen LogP contribution in [0.2, 0.25) is 0 Å². The Hall–Kier alpha value is -4.48. The van der Waals surface area contributed by atoms with Gasteiger partial charge in [0.1, 0.15) is 11.9 Å². The molecule has 0 saturated heterocycles. The van der Waals surface area contributed by atoms with Gasteiger partial charge in [0.15, 0.2) is 0 Å². The molecule has 2 aliphatic carbocycles. The van der Waals surface area contributed by atoms with Crippen LogP contribution in [0.15, 0.2) is 103 Å². The Bertz CT molecular complexity index is 1690. The Morgan fingerprint density at radius 3 is 1.77 bits per heavy atom. The van der Waals surface area contributed by atoms with Gasteiger partial charge in [0.25, 0.3) is 0 Å². The molecule has 0 bridgehead atoms. The summed E-state index contributed by atoms with van der Waals surface area (Å²) in [5.41, 5.74) is 12.0. The van der Waals surface area contributed by atoms with Crippen LogP contribution >= 0.6 is 0 Å². The predicted molar refractivity (Wildman–Crippen MR) is 138 cm³/mol. The predicted octanol–water partition coefficient (Wildman–Crippen LogP) is 8.02. The summed E-state index contributed by atoms with van der Waals surface area (Å²) in [5, 5.41) is 9.56. The highest BCUT2D eigenvalue weighted by Crippen LogP contribution is 2.63. The molecule has 0 aromatic heterocycles. The van der Waals surface area contributed by atoms with Crippen molar-refractivity contribution >= 4 is 0 Å². The van der Waals surface area contributed by atoms with Crippen molar-refractivity contribution in [3.63, 3.8) is 0 Å². The molecule has 2 aliphatic rings. The maximum Gasteiger partial charge on any atom is 0.143 e. The van der Waals surface area contributed by atoms with Gasteiger partial charge in [0.05, 0.1) is 11.0 Å². The first-order valence-corrected chi connectivity index (χ1v) is 11.8. The van der Waals surface area contributed by atoms with E-state index in [2.05, 4.69) is 91.0 Å². The third-order valence-electron chi connectivity index (χ3n) is 7.71. The zero-order chi connectivity index (χ0) is 23.7. The molecule has 164 valence electrons. The van der Waals surface area contributed by atoms with Crippen molar-refractivity contribution in [2.45, 2.75) is 12.3 Å². The van der Waals surface area contributed by atoms with Gasteiger partial charge in [-0.2, -0.15) is 5.26 Å². The Kier molecular flexibility index (Phi) is 3.99. The summed E-state index contributed by atoms with van der Waals surface area (Å²) >= 11 is 0. The summed E-state index contributed by atoms with van der Waals surface area (Å²) in [6.07, 6.45) is 0. The zero-order valence-corrected chi connectivity index (χ0v) is 19.1. The lowest BCUT2D eigenvalue weighted by Gasteiger charge is -2.30. The van der Waals surface area contributed by atoms with Crippen molar-refractivity contribution in [2.75, 3.05) is 0 Å². The maximum atomic E-state index is 14.6. The average Bonchev–Trinajstić information content (AvgIpc) is 3.38. The quantitative estimate of drug-likeness (QED) is 0.249. The van der Waals surface area contributed by atoms with E-state index in [9.17, 15) is 9.65 Å². The molecule has 35 heavy (non-hydrogen) atoms. The van der Waals surface area contributed by atoms with Crippen LogP contribution in [0.4, 0.5) is 4.39 Å². The topological polar surface area (TPSA) is 23.8 Å². The van der Waals surface area contributed by atoms with Gasteiger partial charge in [-0.1, -0.05) is 91.0 Å². The SMILES string of the molecule is Cc1cc(-c2cccc3c2-c2ccccc2C32c3ccccc3-c3ccccc32)cc(C#N)c1F. The standard InChI is InChI=1S/C33H20FN/c1-20-17-21(18-22(19-35)32(20)34)23-12-8-16-30-31(23)26-11-4-7-15-29(26)33(30)27-13-5-2-9-24(27)25-10-3-6-14-28(25)33/h2-18H,1H3. The Morgan fingerprint density at radius 1 is 0.629 bits per heavy atom. The molecule has 0 saturated carbocycles. The average molecular weight is 450 g/mol. The first-order chi connectivity index (χ1) is 17.2. The van der Waals surface area contributed by atoms with Crippen molar-refractivity contribution in [3.8, 4) is 39.4 Å². The van der Waals surface area contributed by atoms with Crippen molar-refractivity contribution in [2.24, 2.45) is 0 Å². The molecule has 0 N–H and O–H groups in total. The lowest BCUT2D eigenvalue weighted by Crippen LogP contribution is -2.25. The van der Waals surface area contributed by atoms with Crippen molar-refractivity contribution in [1.82, 2.24) is 0 Å². The number of aryl methyl sites for hydroxylation is 1. The van der Waals surface area contributed by atoms with Crippen molar-refractivity contribution in [1.29, 1.82) is 5.26 Å². The summed E-state index contributed by atoms with van der Waals surface area (Å²) < 4.78 is 14.6. The number of hydrogen-bond donors (Lipinski definition) is 0. The third kappa shape index (κ3) is 2.40. The molecular formula is C33H20FN. The Labute approximate surface area is 203 Å². The van der Waals surface area contributed by atoms with Crippen LogP contribution in [0.5, 0.6) is 0 Å². The van der Waals surface area contributed by atoms with Gasteiger partial charge in [-0.05, 0) is 80.3 Å². The molecule has 1 nitrogen and oxygen atoms in total. The van der Waals surface area contributed by atoms with E-state index in [1.54, 1.807) is 13.0 Å². The minimum absolute atomic E-state index is 0.0788. The van der Waals surface area contributed by atoms with Crippen LogP contribution in [0, 0.1) is 24.1 Å². The van der Waals surface area contributed by atoms with Crippen LogP contribution in [0.1, 0.15) is 33.4 Å². The first-order valence-electron chi connectivity index (χ1n) is 11.8. The highest BCUT2D eigenvalue weighted by Gasteiger charge is 2.51. The Morgan fingerprint density at radius 2 is 1.14 bits per heavy atom. The summed E-state index contributed by atoms with van der Waals surface area (Å²) in [5.74, 6) is -0.445. The van der Waals surface area contributed by atoms with E-state index in [0.29, 0.717) is 5.56 Å². The van der Waals surface area contributed by atoms with E-state index in [4.69, 9.17) is 0 Å². The van der Waals surface area contributed by atoms with Crippen LogP contribution in [0.3, 0.4) is 0 Å². The molecule has 1 spiro atoms. The largest absolute Gasteiger partial charge is 0.205 e. The third-order valence-corrected chi connectivity index (χ3v) is 7.71. The van der Waals surface area contributed by atoms with Gasteiger partial charge in [0, 0.05) is 0 Å². The number of benzene rings is 5. The number of fused-ring (bicyclic) bond motifs is 10. The summed E-state index contributed by atoms with van der Waals surface area (Å²) in [7, 11) is 0. The summed E-state index contributed by atoms with van der Waals surface area (Å²) in [6, 6.07) is 38.0. The second-order valence-corrected chi connectivity index (χ2v) is 9.38. The summed E-state index contributed by atoms with van der Waals surface area (Å²) in [4.78, 5) is 0. The maximum absolute atomic E-state index is 14.6. The highest BCUT2D eigenvalue weighted by atomic mass is 19.1. The van der Waals surface area contributed by atoms with Crippen LogP contribution in [-0.2, 0) is 5.41 Å². The highest BCUT2D eigenvalue weighted by molar-refractivity contribution is 5.99. The molecule has 7 rings (SSSR count). The number of rotatable bonds is 1. The monoisotopic (exact) mass is 449 g/mol. The molecule has 0 heterocycles. The first kappa shape index (κ1) is 19.9. The van der Waals surface area contributed by atoms with Crippen LogP contribution in [0.25, 0.3) is 33.4 Å². The van der Waals surface area contributed by atoms with Gasteiger partial charge in [-0.15, -0.1) is 0 Å². The lowest BCUT2D eigenvalue weighted by molar-refractivity contribution is 0.615. The van der Waals surface area contributed by atoms with Gasteiger partial charge in [-0.3, -0.25) is 0 Å². The van der Waals surface area contributed by atoms with Crippen molar-refractivity contribution in [3.05, 3.63) is 142 Å². The zero-order valence-electron chi connectivity index (χ0n) is 19.1. The summed E-state index contributed by atoms with van der Waals surface area (Å²) in [6.45, 7) is 1.72. The fourth-order valence-electron chi connectivity index (χ4n) is 6.39. The van der Waals surface area contributed by atoms with E-state index in [0.717, 1.165) is 16.7 Å². The molecule has 0 unspecified atom stereocenters. The molecule has 5 aromatic rings. The van der Waals surface area contributed by atoms with Crippen LogP contribution < -0.4 is 0 Å². The molecular weight excluding hydrogens is 429 g/mol. The molecule has 0 aliphatic heterocycles. The van der Waals surface area contributed by atoms with Gasteiger partial charge in [0.2, 0.25) is 0 Å². The normalized spacial score (nSPS) is 13.6. The Balaban J connectivity index is 1.64. The number of nitrogens with zero attached hydrogens (tertiary/aromatic N) is 1. The number of nitriles is 1.